The van der Waals surface area contributed by atoms with Gasteiger partial charge in [-0.05, 0) is 37.9 Å². The molecule has 0 saturated carbocycles. The van der Waals surface area contributed by atoms with Crippen molar-refractivity contribution in [1.82, 2.24) is 5.32 Å². The Kier molecular flexibility index (Phi) is 5.45. The van der Waals surface area contributed by atoms with E-state index in [1.807, 2.05) is 6.92 Å². The van der Waals surface area contributed by atoms with Crippen LogP contribution >= 0.6 is 0 Å². The van der Waals surface area contributed by atoms with E-state index in [2.05, 4.69) is 36.5 Å². The van der Waals surface area contributed by atoms with Crippen LogP contribution in [0.25, 0.3) is 0 Å². The Balaban J connectivity index is 2.09. The van der Waals surface area contributed by atoms with E-state index in [4.69, 9.17) is 0 Å². The zero-order valence-electron chi connectivity index (χ0n) is 12.5. The predicted octanol–water partition coefficient (Wildman–Crippen LogP) is 4.56. The highest BCUT2D eigenvalue weighted by molar-refractivity contribution is 5.24. The summed E-state index contributed by atoms with van der Waals surface area (Å²) in [5, 5.41) is 3.28. The average Bonchev–Trinajstić information content (AvgIpc) is 2.46. The van der Waals surface area contributed by atoms with Crippen molar-refractivity contribution in [2.75, 3.05) is 6.54 Å². The van der Waals surface area contributed by atoms with Gasteiger partial charge in [-0.15, -0.1) is 0 Å². The summed E-state index contributed by atoms with van der Waals surface area (Å²) in [4.78, 5) is 0. The first-order chi connectivity index (χ1) is 10.1. The predicted molar refractivity (Wildman–Crippen MR) is 82.3 cm³/mol. The Morgan fingerprint density at radius 1 is 1.05 bits per heavy atom. The molecular formula is C18H21F2N. The topological polar surface area (TPSA) is 12.0 Å². The molecule has 2 aromatic rings. The fourth-order valence-corrected chi connectivity index (χ4v) is 2.46. The van der Waals surface area contributed by atoms with Crippen LogP contribution < -0.4 is 5.32 Å². The molecule has 0 fully saturated rings. The van der Waals surface area contributed by atoms with E-state index in [1.54, 1.807) is 0 Å². The third-order valence-electron chi connectivity index (χ3n) is 3.63. The lowest BCUT2D eigenvalue weighted by atomic mass is 9.98. The second-order valence-electron chi connectivity index (χ2n) is 5.30. The summed E-state index contributed by atoms with van der Waals surface area (Å²) in [5.41, 5.74) is 2.99. The molecule has 0 aliphatic carbocycles. The van der Waals surface area contributed by atoms with Crippen LogP contribution in [0, 0.1) is 18.6 Å². The van der Waals surface area contributed by atoms with Crippen LogP contribution in [-0.4, -0.2) is 6.54 Å². The molecule has 0 spiro atoms. The maximum Gasteiger partial charge on any atom is 0.130 e. The van der Waals surface area contributed by atoms with Gasteiger partial charge in [-0.2, -0.15) is 0 Å². The second kappa shape index (κ2) is 7.32. The van der Waals surface area contributed by atoms with Gasteiger partial charge in [-0.3, -0.25) is 0 Å². The Bertz CT molecular complexity index is 578. The molecular weight excluding hydrogens is 268 g/mol. The van der Waals surface area contributed by atoms with E-state index in [1.165, 1.54) is 23.3 Å². The van der Waals surface area contributed by atoms with Crippen molar-refractivity contribution in [3.63, 3.8) is 0 Å². The summed E-state index contributed by atoms with van der Waals surface area (Å²) in [7, 11) is 0. The third kappa shape index (κ3) is 4.36. The van der Waals surface area contributed by atoms with Gasteiger partial charge in [0, 0.05) is 17.7 Å². The highest BCUT2D eigenvalue weighted by atomic mass is 19.1. The van der Waals surface area contributed by atoms with Crippen LogP contribution in [0.3, 0.4) is 0 Å². The standard InChI is InChI=1S/C18H21F2N/c1-3-21-18(16-10-9-15(19)12-17(16)20)11-8-14-6-4-13(2)5-7-14/h4-7,9-10,12,18,21H,3,8,11H2,1-2H3. The maximum absolute atomic E-state index is 13.9. The van der Waals surface area contributed by atoms with Crippen molar-refractivity contribution in [1.29, 1.82) is 0 Å². The summed E-state index contributed by atoms with van der Waals surface area (Å²) in [6.45, 7) is 4.79. The molecule has 0 heterocycles. The van der Waals surface area contributed by atoms with Crippen molar-refractivity contribution >= 4 is 0 Å². The van der Waals surface area contributed by atoms with E-state index in [9.17, 15) is 8.78 Å². The molecule has 0 aliphatic rings. The molecule has 1 nitrogen and oxygen atoms in total. The second-order valence-corrected chi connectivity index (χ2v) is 5.30. The van der Waals surface area contributed by atoms with Crippen LogP contribution in [0.4, 0.5) is 8.78 Å². The molecule has 0 radical (unpaired) electrons. The summed E-state index contributed by atoms with van der Waals surface area (Å²) in [6.07, 6.45) is 1.63. The molecule has 0 aliphatic heterocycles. The zero-order chi connectivity index (χ0) is 15.2. The largest absolute Gasteiger partial charge is 0.310 e. The molecule has 0 saturated heterocycles. The summed E-state index contributed by atoms with van der Waals surface area (Å²) in [6, 6.07) is 12.1. The lowest BCUT2D eigenvalue weighted by Crippen LogP contribution is -2.22. The molecule has 112 valence electrons. The zero-order valence-corrected chi connectivity index (χ0v) is 12.5. The monoisotopic (exact) mass is 289 g/mol. The van der Waals surface area contributed by atoms with Crippen LogP contribution in [-0.2, 0) is 6.42 Å². The SMILES string of the molecule is CCNC(CCc1ccc(C)cc1)c1ccc(F)cc1F. The van der Waals surface area contributed by atoms with Gasteiger partial charge in [-0.25, -0.2) is 8.78 Å². The van der Waals surface area contributed by atoms with Gasteiger partial charge in [0.25, 0.3) is 0 Å². The van der Waals surface area contributed by atoms with Gasteiger partial charge in [0.05, 0.1) is 0 Å². The van der Waals surface area contributed by atoms with E-state index in [0.29, 0.717) is 5.56 Å². The first-order valence-electron chi connectivity index (χ1n) is 7.34. The van der Waals surface area contributed by atoms with E-state index < -0.39 is 11.6 Å². The minimum atomic E-state index is -0.537. The Morgan fingerprint density at radius 2 is 1.76 bits per heavy atom. The Labute approximate surface area is 125 Å². The summed E-state index contributed by atoms with van der Waals surface area (Å²) in [5.74, 6) is -1.02. The lowest BCUT2D eigenvalue weighted by Gasteiger charge is -2.19. The summed E-state index contributed by atoms with van der Waals surface area (Å²) >= 11 is 0. The van der Waals surface area contributed by atoms with Gasteiger partial charge in [0.2, 0.25) is 0 Å². The molecule has 1 unspecified atom stereocenters. The quantitative estimate of drug-likeness (QED) is 0.822. The molecule has 0 amide bonds. The van der Waals surface area contributed by atoms with Crippen molar-refractivity contribution in [3.05, 3.63) is 70.8 Å². The van der Waals surface area contributed by atoms with Gasteiger partial charge in [0.15, 0.2) is 0 Å². The smallest absolute Gasteiger partial charge is 0.130 e. The highest BCUT2D eigenvalue weighted by Gasteiger charge is 2.15. The Morgan fingerprint density at radius 3 is 2.38 bits per heavy atom. The van der Waals surface area contributed by atoms with Gasteiger partial charge >= 0.3 is 0 Å². The fourth-order valence-electron chi connectivity index (χ4n) is 2.46. The van der Waals surface area contributed by atoms with E-state index in [-0.39, 0.29) is 6.04 Å². The molecule has 0 aromatic heterocycles. The molecule has 1 atom stereocenters. The number of halogens is 2. The number of hydrogen-bond donors (Lipinski definition) is 1. The van der Waals surface area contributed by atoms with Crippen molar-refractivity contribution in [2.24, 2.45) is 0 Å². The fraction of sp³-hybridized carbons (Fsp3) is 0.333. The minimum Gasteiger partial charge on any atom is -0.310 e. The van der Waals surface area contributed by atoms with Crippen molar-refractivity contribution in [2.45, 2.75) is 32.7 Å². The highest BCUT2D eigenvalue weighted by Crippen LogP contribution is 2.23. The molecule has 3 heteroatoms. The minimum absolute atomic E-state index is 0.100. The Hall–Kier alpha value is -1.74. The van der Waals surface area contributed by atoms with Crippen LogP contribution in [0.15, 0.2) is 42.5 Å². The normalized spacial score (nSPS) is 12.4. The van der Waals surface area contributed by atoms with E-state index >= 15 is 0 Å². The number of benzene rings is 2. The van der Waals surface area contributed by atoms with Crippen molar-refractivity contribution in [3.8, 4) is 0 Å². The first-order valence-corrected chi connectivity index (χ1v) is 7.34. The number of nitrogens with one attached hydrogen (secondary N) is 1. The van der Waals surface area contributed by atoms with Gasteiger partial charge in [0.1, 0.15) is 11.6 Å². The molecule has 0 bridgehead atoms. The number of hydrogen-bond acceptors (Lipinski definition) is 1. The van der Waals surface area contributed by atoms with Crippen LogP contribution in [0.5, 0.6) is 0 Å². The average molecular weight is 289 g/mol. The third-order valence-corrected chi connectivity index (χ3v) is 3.63. The molecule has 2 rings (SSSR count). The van der Waals surface area contributed by atoms with Gasteiger partial charge < -0.3 is 5.32 Å². The number of rotatable bonds is 6. The maximum atomic E-state index is 13.9. The first kappa shape index (κ1) is 15.6. The summed E-state index contributed by atoms with van der Waals surface area (Å²) < 4.78 is 26.9. The lowest BCUT2D eigenvalue weighted by molar-refractivity contribution is 0.480. The van der Waals surface area contributed by atoms with Gasteiger partial charge in [-0.1, -0.05) is 42.8 Å². The molecule has 2 aromatic carbocycles. The van der Waals surface area contributed by atoms with Crippen molar-refractivity contribution < 1.29 is 8.78 Å². The number of aryl methyl sites for hydroxylation is 2. The van der Waals surface area contributed by atoms with Crippen LogP contribution in [0.2, 0.25) is 0 Å². The van der Waals surface area contributed by atoms with E-state index in [0.717, 1.165) is 25.5 Å². The molecule has 21 heavy (non-hydrogen) atoms. The van der Waals surface area contributed by atoms with Crippen LogP contribution in [0.1, 0.15) is 36.1 Å². The molecule has 1 N–H and O–H groups in total.